The topological polar surface area (TPSA) is 174 Å². The summed E-state index contributed by atoms with van der Waals surface area (Å²) in [5.41, 5.74) is -2.17. The lowest BCUT2D eigenvalue weighted by molar-refractivity contribution is -0.139. The molecule has 0 saturated carbocycles. The first kappa shape index (κ1) is 24.8. The SMILES string of the molecule is N=C1NC2[C@H](CN3C(=O)CCC3=O)NC(=N)N3C[C@H](NC(=O)Cc4cccc(C(F)(F)F)c4)C(O)C23N1. The second-order valence-electron chi connectivity index (χ2n) is 9.55. The molecule has 1 spiro atoms. The van der Waals surface area contributed by atoms with Crippen LogP contribution in [0.3, 0.4) is 0 Å². The number of carbonyl (C=O) groups excluding carboxylic acids is 3. The van der Waals surface area contributed by atoms with Crippen LogP contribution in [0.15, 0.2) is 24.3 Å². The predicted octanol–water partition coefficient (Wildman–Crippen LogP) is -1.34. The van der Waals surface area contributed by atoms with Crippen LogP contribution in [-0.4, -0.2) is 87.5 Å². The number of alkyl halides is 3. The first-order valence-corrected chi connectivity index (χ1v) is 11.6. The largest absolute Gasteiger partial charge is 0.416 e. The van der Waals surface area contributed by atoms with Crippen LogP contribution in [0.2, 0.25) is 0 Å². The number of imide groups is 1. The lowest BCUT2D eigenvalue weighted by atomic mass is 9.87. The lowest BCUT2D eigenvalue weighted by Crippen LogP contribution is -2.78. The molecular weight excluding hydrogens is 497 g/mol. The van der Waals surface area contributed by atoms with Crippen LogP contribution in [0.1, 0.15) is 24.0 Å². The first-order chi connectivity index (χ1) is 17.4. The van der Waals surface area contributed by atoms with Crippen LogP contribution in [0.4, 0.5) is 13.2 Å². The molecule has 4 saturated heterocycles. The molecule has 3 amide bonds. The zero-order valence-corrected chi connectivity index (χ0v) is 19.4. The van der Waals surface area contributed by atoms with Crippen LogP contribution in [0, 0.1) is 10.8 Å². The van der Waals surface area contributed by atoms with Gasteiger partial charge in [-0.1, -0.05) is 18.2 Å². The number of amides is 3. The van der Waals surface area contributed by atoms with Crippen LogP contribution < -0.4 is 21.3 Å². The predicted molar refractivity (Wildman–Crippen MR) is 121 cm³/mol. The molecule has 7 N–H and O–H groups in total. The van der Waals surface area contributed by atoms with Gasteiger partial charge in [-0.15, -0.1) is 0 Å². The Kier molecular flexibility index (Phi) is 5.77. The van der Waals surface area contributed by atoms with Crippen molar-refractivity contribution in [2.75, 3.05) is 13.1 Å². The number of aliphatic hydroxyl groups excluding tert-OH is 1. The lowest BCUT2D eigenvalue weighted by Gasteiger charge is -2.49. The van der Waals surface area contributed by atoms with E-state index in [0.29, 0.717) is 0 Å². The number of hydrogen-bond donors (Lipinski definition) is 7. The van der Waals surface area contributed by atoms with Gasteiger partial charge in [-0.2, -0.15) is 13.2 Å². The second kappa shape index (κ2) is 8.61. The van der Waals surface area contributed by atoms with Crippen LogP contribution in [0.5, 0.6) is 0 Å². The Hall–Kier alpha value is -3.88. The van der Waals surface area contributed by atoms with E-state index < -0.39 is 47.5 Å². The molecule has 15 heteroatoms. The summed E-state index contributed by atoms with van der Waals surface area (Å²) < 4.78 is 39.0. The van der Waals surface area contributed by atoms with Gasteiger partial charge in [0.15, 0.2) is 17.6 Å². The van der Waals surface area contributed by atoms with Gasteiger partial charge in [0.1, 0.15) is 6.10 Å². The smallest absolute Gasteiger partial charge is 0.386 e. The fraction of sp³-hybridized carbons (Fsp3) is 0.500. The van der Waals surface area contributed by atoms with Crippen molar-refractivity contribution >= 4 is 29.6 Å². The molecule has 3 unspecified atom stereocenters. The Balaban J connectivity index is 1.34. The number of aliphatic hydroxyl groups is 1. The number of carbonyl (C=O) groups is 3. The van der Waals surface area contributed by atoms with E-state index in [0.717, 1.165) is 17.0 Å². The average Bonchev–Trinajstić information content (AvgIpc) is 3.43. The second-order valence-corrected chi connectivity index (χ2v) is 9.55. The minimum Gasteiger partial charge on any atom is -0.386 e. The number of nitrogens with one attached hydrogen (secondary N) is 6. The number of guanidine groups is 2. The molecule has 1 aromatic carbocycles. The van der Waals surface area contributed by atoms with Crippen molar-refractivity contribution in [3.05, 3.63) is 35.4 Å². The van der Waals surface area contributed by atoms with Crippen molar-refractivity contribution in [1.82, 2.24) is 31.1 Å². The van der Waals surface area contributed by atoms with E-state index in [4.69, 9.17) is 10.8 Å². The zero-order chi connectivity index (χ0) is 26.7. The molecule has 4 heterocycles. The molecule has 5 rings (SSSR count). The third kappa shape index (κ3) is 4.12. The number of halogens is 3. The highest BCUT2D eigenvalue weighted by molar-refractivity contribution is 6.02. The third-order valence-corrected chi connectivity index (χ3v) is 7.25. The number of hydrogen-bond acceptors (Lipinski definition) is 6. The average molecular weight is 522 g/mol. The number of likely N-dealkylation sites (tertiary alicyclic amines) is 1. The molecule has 1 aromatic rings. The van der Waals surface area contributed by atoms with Gasteiger partial charge in [0.05, 0.1) is 36.7 Å². The highest BCUT2D eigenvalue weighted by atomic mass is 19.4. The number of nitrogens with zero attached hydrogens (tertiary/aromatic N) is 2. The molecule has 4 aliphatic heterocycles. The Morgan fingerprint density at radius 2 is 1.89 bits per heavy atom. The molecule has 0 radical (unpaired) electrons. The molecule has 0 aromatic heterocycles. The maximum atomic E-state index is 13.0. The van der Waals surface area contributed by atoms with Gasteiger partial charge in [-0.25, -0.2) is 0 Å². The van der Waals surface area contributed by atoms with E-state index in [1.165, 1.54) is 17.0 Å². The van der Waals surface area contributed by atoms with Gasteiger partial charge < -0.3 is 31.3 Å². The maximum absolute atomic E-state index is 13.0. The quantitative estimate of drug-likeness (QED) is 0.233. The van der Waals surface area contributed by atoms with Gasteiger partial charge in [0.25, 0.3) is 0 Å². The molecular formula is C22H25F3N8O4. The van der Waals surface area contributed by atoms with Crippen molar-refractivity contribution in [2.24, 2.45) is 0 Å². The summed E-state index contributed by atoms with van der Waals surface area (Å²) in [5, 5.41) is 39.4. The summed E-state index contributed by atoms with van der Waals surface area (Å²) in [6.45, 7) is -0.115. The molecule has 4 aliphatic rings. The van der Waals surface area contributed by atoms with E-state index in [2.05, 4.69) is 21.3 Å². The monoisotopic (exact) mass is 522 g/mol. The van der Waals surface area contributed by atoms with Gasteiger partial charge in [-0.05, 0) is 11.6 Å². The normalized spacial score (nSPS) is 31.0. The summed E-state index contributed by atoms with van der Waals surface area (Å²) in [7, 11) is 0. The number of rotatable bonds is 5. The van der Waals surface area contributed by atoms with E-state index in [1.54, 1.807) is 0 Å². The summed E-state index contributed by atoms with van der Waals surface area (Å²) in [5.74, 6) is -1.60. The molecule has 12 nitrogen and oxygen atoms in total. The van der Waals surface area contributed by atoms with Crippen LogP contribution in [-0.2, 0) is 27.0 Å². The molecule has 37 heavy (non-hydrogen) atoms. The van der Waals surface area contributed by atoms with E-state index in [1.807, 2.05) is 0 Å². The van der Waals surface area contributed by atoms with Gasteiger partial charge >= 0.3 is 6.18 Å². The molecule has 0 aliphatic carbocycles. The zero-order valence-electron chi connectivity index (χ0n) is 19.4. The molecule has 198 valence electrons. The third-order valence-electron chi connectivity index (χ3n) is 7.25. The Morgan fingerprint density at radius 1 is 1.19 bits per heavy atom. The minimum absolute atomic E-state index is 0.0336. The van der Waals surface area contributed by atoms with Crippen molar-refractivity contribution in [3.8, 4) is 0 Å². The Morgan fingerprint density at radius 3 is 2.57 bits per heavy atom. The number of benzene rings is 1. The van der Waals surface area contributed by atoms with E-state index >= 15 is 0 Å². The van der Waals surface area contributed by atoms with E-state index in [-0.39, 0.29) is 61.6 Å². The maximum Gasteiger partial charge on any atom is 0.416 e. The fourth-order valence-corrected chi connectivity index (χ4v) is 5.61. The Bertz CT molecular complexity index is 1180. The summed E-state index contributed by atoms with van der Waals surface area (Å²) in [6, 6.07) is 1.98. The van der Waals surface area contributed by atoms with Gasteiger partial charge in [0.2, 0.25) is 17.7 Å². The fourth-order valence-electron chi connectivity index (χ4n) is 5.61. The van der Waals surface area contributed by atoms with Crippen LogP contribution >= 0.6 is 0 Å². The molecule has 4 fully saturated rings. The van der Waals surface area contributed by atoms with Gasteiger partial charge in [-0.3, -0.25) is 30.1 Å². The summed E-state index contributed by atoms with van der Waals surface area (Å²) >= 11 is 0. The summed E-state index contributed by atoms with van der Waals surface area (Å²) in [6.07, 6.45) is -6.08. The minimum atomic E-state index is -4.55. The first-order valence-electron chi connectivity index (χ1n) is 11.6. The summed E-state index contributed by atoms with van der Waals surface area (Å²) in [4.78, 5) is 39.6. The molecule has 5 atom stereocenters. The molecule has 0 bridgehead atoms. The highest BCUT2D eigenvalue weighted by Crippen LogP contribution is 2.38. The van der Waals surface area contributed by atoms with Gasteiger partial charge in [0, 0.05) is 19.4 Å². The van der Waals surface area contributed by atoms with Crippen molar-refractivity contribution < 1.29 is 32.7 Å². The Labute approximate surface area is 208 Å². The highest BCUT2D eigenvalue weighted by Gasteiger charge is 2.67. The standard InChI is InChI=1S/C22H25F3N8O4/c23-22(24,25)11-3-1-2-10(6-11)7-14(34)28-13-9-33-20(27)29-12(8-32-15(35)4-5-16(32)36)17-21(33,18(13)37)31-19(26)30-17/h1-3,6,12-13,17-18,37H,4-5,7-9H2,(H2,27,29)(H,28,34)(H3,26,30,31)/t12-,13-,17?,18?,21?/m0/s1. The van der Waals surface area contributed by atoms with Crippen molar-refractivity contribution in [3.63, 3.8) is 0 Å². The van der Waals surface area contributed by atoms with Crippen LogP contribution in [0.25, 0.3) is 0 Å². The van der Waals surface area contributed by atoms with E-state index in [9.17, 15) is 32.7 Å². The van der Waals surface area contributed by atoms with Crippen molar-refractivity contribution in [1.29, 1.82) is 10.8 Å². The van der Waals surface area contributed by atoms with Crippen molar-refractivity contribution in [2.45, 2.75) is 55.3 Å².